The first-order valence-corrected chi connectivity index (χ1v) is 5.60. The van der Waals surface area contributed by atoms with E-state index in [2.05, 4.69) is 0 Å². The highest BCUT2D eigenvalue weighted by molar-refractivity contribution is 7.15. The summed E-state index contributed by atoms with van der Waals surface area (Å²) < 4.78 is 5.40. The van der Waals surface area contributed by atoms with Gasteiger partial charge < -0.3 is 9.84 Å². The molecule has 0 radical (unpaired) electrons. The minimum atomic E-state index is -0.0337. The fourth-order valence-electron chi connectivity index (χ4n) is 1.14. The zero-order valence-corrected chi connectivity index (χ0v) is 9.59. The minimum absolute atomic E-state index is 0.0337. The molecule has 2 aromatic rings. The zero-order valence-electron chi connectivity index (χ0n) is 8.01. The molecule has 0 aliphatic rings. The van der Waals surface area contributed by atoms with E-state index in [0.717, 1.165) is 6.29 Å². The van der Waals surface area contributed by atoms with Gasteiger partial charge in [-0.3, -0.25) is 4.79 Å². The van der Waals surface area contributed by atoms with Crippen LogP contribution in [0.15, 0.2) is 30.3 Å². The summed E-state index contributed by atoms with van der Waals surface area (Å²) in [7, 11) is 0. The van der Waals surface area contributed by atoms with Gasteiger partial charge in [0, 0.05) is 11.1 Å². The van der Waals surface area contributed by atoms with Crippen LogP contribution in [0.5, 0.6) is 16.6 Å². The Morgan fingerprint density at radius 1 is 1.31 bits per heavy atom. The van der Waals surface area contributed by atoms with E-state index < -0.39 is 0 Å². The number of ether oxygens (including phenoxy) is 1. The number of phenolic OH excluding ortho intramolecular Hbond substituents is 1. The molecule has 0 atom stereocenters. The summed E-state index contributed by atoms with van der Waals surface area (Å²) in [6.45, 7) is 0. The largest absolute Gasteiger partial charge is 0.504 e. The third kappa shape index (κ3) is 2.35. The third-order valence-corrected chi connectivity index (χ3v) is 2.97. The fraction of sp³-hybridized carbons (Fsp3) is 0. The maximum absolute atomic E-state index is 10.5. The summed E-state index contributed by atoms with van der Waals surface area (Å²) in [5, 5.41) is 10.5. The SMILES string of the molecule is O=Cc1ccc(Oc2ccc(Cl)cc2O)s1. The summed E-state index contributed by atoms with van der Waals surface area (Å²) >= 11 is 6.89. The molecular weight excluding hydrogens is 248 g/mol. The number of aldehydes is 1. The molecule has 1 aromatic heterocycles. The summed E-state index contributed by atoms with van der Waals surface area (Å²) in [5.74, 6) is 0.275. The quantitative estimate of drug-likeness (QED) is 0.850. The molecule has 0 fully saturated rings. The van der Waals surface area contributed by atoms with Gasteiger partial charge in [0.2, 0.25) is 0 Å². The van der Waals surface area contributed by atoms with E-state index in [9.17, 15) is 9.90 Å². The van der Waals surface area contributed by atoms with Gasteiger partial charge >= 0.3 is 0 Å². The third-order valence-electron chi connectivity index (χ3n) is 1.85. The molecule has 1 heterocycles. The zero-order chi connectivity index (χ0) is 11.5. The van der Waals surface area contributed by atoms with Gasteiger partial charge in [0.25, 0.3) is 0 Å². The Morgan fingerprint density at radius 2 is 2.12 bits per heavy atom. The van der Waals surface area contributed by atoms with E-state index in [4.69, 9.17) is 16.3 Å². The first-order valence-electron chi connectivity index (χ1n) is 4.40. The number of rotatable bonds is 3. The van der Waals surface area contributed by atoms with Crippen molar-refractivity contribution in [2.24, 2.45) is 0 Å². The topological polar surface area (TPSA) is 46.5 Å². The van der Waals surface area contributed by atoms with E-state index >= 15 is 0 Å². The van der Waals surface area contributed by atoms with Crippen LogP contribution in [-0.4, -0.2) is 11.4 Å². The maximum atomic E-state index is 10.5. The normalized spacial score (nSPS) is 10.1. The first kappa shape index (κ1) is 11.0. The van der Waals surface area contributed by atoms with E-state index in [1.54, 1.807) is 24.3 Å². The summed E-state index contributed by atoms with van der Waals surface area (Å²) in [6, 6.07) is 7.90. The Balaban J connectivity index is 2.23. The predicted molar refractivity (Wildman–Crippen MR) is 62.9 cm³/mol. The van der Waals surface area contributed by atoms with Crippen molar-refractivity contribution in [2.45, 2.75) is 0 Å². The van der Waals surface area contributed by atoms with Crippen molar-refractivity contribution >= 4 is 29.2 Å². The predicted octanol–water partition coefficient (Wildman–Crippen LogP) is 3.71. The molecule has 1 aromatic carbocycles. The molecule has 5 heteroatoms. The average molecular weight is 255 g/mol. The molecule has 0 aliphatic heterocycles. The number of carbonyl (C=O) groups excluding carboxylic acids is 1. The van der Waals surface area contributed by atoms with Crippen LogP contribution in [0, 0.1) is 0 Å². The Hall–Kier alpha value is -1.52. The van der Waals surface area contributed by atoms with Gasteiger partial charge in [0.05, 0.1) is 4.88 Å². The molecule has 0 unspecified atom stereocenters. The van der Waals surface area contributed by atoms with Crippen molar-refractivity contribution in [1.29, 1.82) is 0 Å². The Labute approximate surface area is 101 Å². The Bertz CT molecular complexity index is 522. The van der Waals surface area contributed by atoms with E-state index in [1.807, 2.05) is 0 Å². The molecule has 0 saturated heterocycles. The number of carbonyl (C=O) groups is 1. The highest BCUT2D eigenvalue weighted by Crippen LogP contribution is 2.35. The van der Waals surface area contributed by atoms with E-state index in [0.29, 0.717) is 20.7 Å². The highest BCUT2D eigenvalue weighted by atomic mass is 35.5. The standard InChI is InChI=1S/C11H7ClO3S/c12-7-1-3-10(9(14)5-7)15-11-4-2-8(6-13)16-11/h1-6,14H. The van der Waals surface area contributed by atoms with Crippen LogP contribution in [0.3, 0.4) is 0 Å². The van der Waals surface area contributed by atoms with E-state index in [-0.39, 0.29) is 5.75 Å². The number of thiophene rings is 1. The van der Waals surface area contributed by atoms with Gasteiger partial charge in [-0.15, -0.1) is 0 Å². The first-order chi connectivity index (χ1) is 7.69. The van der Waals surface area contributed by atoms with E-state index in [1.165, 1.54) is 17.4 Å². The number of halogens is 1. The number of hydrogen-bond acceptors (Lipinski definition) is 4. The molecule has 2 rings (SSSR count). The monoisotopic (exact) mass is 254 g/mol. The smallest absolute Gasteiger partial charge is 0.181 e. The van der Waals surface area contributed by atoms with Crippen LogP contribution in [0.25, 0.3) is 0 Å². The van der Waals surface area contributed by atoms with Crippen LogP contribution in [0.1, 0.15) is 9.67 Å². The van der Waals surface area contributed by atoms with Gasteiger partial charge in [-0.25, -0.2) is 0 Å². The van der Waals surface area contributed by atoms with Gasteiger partial charge in [0.15, 0.2) is 22.8 Å². The average Bonchev–Trinajstić information content (AvgIpc) is 2.70. The van der Waals surface area contributed by atoms with Gasteiger partial charge in [-0.2, -0.15) is 0 Å². The lowest BCUT2D eigenvalue weighted by Gasteiger charge is -2.04. The fourth-order valence-corrected chi connectivity index (χ4v) is 1.99. The second-order valence-corrected chi connectivity index (χ2v) is 4.50. The number of benzene rings is 1. The molecule has 16 heavy (non-hydrogen) atoms. The Morgan fingerprint density at radius 3 is 2.75 bits per heavy atom. The highest BCUT2D eigenvalue weighted by Gasteiger charge is 2.06. The van der Waals surface area contributed by atoms with Crippen LogP contribution in [-0.2, 0) is 0 Å². The molecule has 82 valence electrons. The van der Waals surface area contributed by atoms with Crippen molar-refractivity contribution in [2.75, 3.05) is 0 Å². The molecule has 3 nitrogen and oxygen atoms in total. The summed E-state index contributed by atoms with van der Waals surface area (Å²) in [5.41, 5.74) is 0. The lowest BCUT2D eigenvalue weighted by molar-refractivity contribution is 0.112. The molecule has 1 N–H and O–H groups in total. The maximum Gasteiger partial charge on any atom is 0.181 e. The molecule has 0 bridgehead atoms. The number of hydrogen-bond donors (Lipinski definition) is 1. The van der Waals surface area contributed by atoms with Gasteiger partial charge in [0.1, 0.15) is 0 Å². The lowest BCUT2D eigenvalue weighted by atomic mass is 10.3. The number of phenols is 1. The van der Waals surface area contributed by atoms with Crippen LogP contribution >= 0.6 is 22.9 Å². The van der Waals surface area contributed by atoms with Crippen molar-refractivity contribution in [3.05, 3.63) is 40.2 Å². The minimum Gasteiger partial charge on any atom is -0.504 e. The summed E-state index contributed by atoms with van der Waals surface area (Å²) in [4.78, 5) is 11.0. The van der Waals surface area contributed by atoms with Crippen LogP contribution in [0.4, 0.5) is 0 Å². The lowest BCUT2D eigenvalue weighted by Crippen LogP contribution is -1.81. The van der Waals surface area contributed by atoms with Crippen LogP contribution in [0.2, 0.25) is 5.02 Å². The molecule has 0 amide bonds. The second-order valence-electron chi connectivity index (χ2n) is 2.99. The van der Waals surface area contributed by atoms with Crippen molar-refractivity contribution < 1.29 is 14.6 Å². The molecular formula is C11H7ClO3S. The molecule has 0 saturated carbocycles. The number of aromatic hydroxyl groups is 1. The van der Waals surface area contributed by atoms with Crippen LogP contribution < -0.4 is 4.74 Å². The molecule has 0 spiro atoms. The summed E-state index contributed by atoms with van der Waals surface area (Å²) in [6.07, 6.45) is 0.749. The van der Waals surface area contributed by atoms with Gasteiger partial charge in [-0.05, 0) is 24.3 Å². The van der Waals surface area contributed by atoms with Crippen molar-refractivity contribution in [1.82, 2.24) is 0 Å². The Kier molecular flexibility index (Phi) is 3.12. The second kappa shape index (κ2) is 4.55. The van der Waals surface area contributed by atoms with Crippen molar-refractivity contribution in [3.8, 4) is 16.6 Å². The van der Waals surface area contributed by atoms with Gasteiger partial charge in [-0.1, -0.05) is 22.9 Å². The van der Waals surface area contributed by atoms with Crippen molar-refractivity contribution in [3.63, 3.8) is 0 Å². The molecule has 0 aliphatic carbocycles.